The molecular weight excluding hydrogens is 209 g/mol. The molecule has 0 saturated carbocycles. The summed E-state index contributed by atoms with van der Waals surface area (Å²) in [5.74, 6) is -0.806. The second-order valence-electron chi connectivity index (χ2n) is 2.45. The van der Waals surface area contributed by atoms with Crippen LogP contribution >= 0.6 is 0 Å². The third kappa shape index (κ3) is 2.50. The Bertz CT molecular complexity index is 405. The topological polar surface area (TPSA) is 55.4 Å². The lowest BCUT2D eigenvalue weighted by Crippen LogP contribution is -2.24. The van der Waals surface area contributed by atoms with E-state index in [9.17, 15) is 12.8 Å². The van der Waals surface area contributed by atoms with Crippen molar-refractivity contribution in [2.24, 2.45) is 0 Å². The Morgan fingerprint density at radius 2 is 2.07 bits per heavy atom. The Balaban J connectivity index is 2.99. The monoisotopic (exact) mass is 219 g/mol. The highest BCUT2D eigenvalue weighted by Gasteiger charge is 2.17. The number of halogens is 1. The van der Waals surface area contributed by atoms with Crippen molar-refractivity contribution in [1.82, 2.24) is 4.89 Å². The summed E-state index contributed by atoms with van der Waals surface area (Å²) in [6.07, 6.45) is 0. The van der Waals surface area contributed by atoms with Gasteiger partial charge in [0.05, 0.1) is 6.61 Å². The zero-order chi connectivity index (χ0) is 10.6. The van der Waals surface area contributed by atoms with Crippen LogP contribution in [0.25, 0.3) is 0 Å². The molecule has 0 aliphatic carbocycles. The second kappa shape index (κ2) is 4.50. The number of hydrogen-bond donors (Lipinski definition) is 1. The summed E-state index contributed by atoms with van der Waals surface area (Å²) in [6, 6.07) is 5.08. The molecule has 0 atom stereocenters. The molecule has 0 unspecified atom stereocenters. The van der Waals surface area contributed by atoms with Crippen molar-refractivity contribution in [3.8, 4) is 0 Å². The Morgan fingerprint density at radius 1 is 1.43 bits per heavy atom. The van der Waals surface area contributed by atoms with Gasteiger partial charge in [0.2, 0.25) is 0 Å². The van der Waals surface area contributed by atoms with Crippen LogP contribution in [-0.4, -0.2) is 15.0 Å². The summed E-state index contributed by atoms with van der Waals surface area (Å²) in [4.78, 5) is 5.88. The minimum absolute atomic E-state index is 0.174. The maximum atomic E-state index is 13.0. The van der Waals surface area contributed by atoms with Crippen molar-refractivity contribution in [3.05, 3.63) is 30.1 Å². The van der Waals surface area contributed by atoms with Gasteiger partial charge in [0.1, 0.15) is 10.7 Å². The third-order valence-corrected chi connectivity index (χ3v) is 2.69. The van der Waals surface area contributed by atoms with Crippen LogP contribution in [0.2, 0.25) is 0 Å². The molecular formula is C8H10FNO3S. The molecule has 14 heavy (non-hydrogen) atoms. The lowest BCUT2D eigenvalue weighted by Gasteiger charge is -2.05. The van der Waals surface area contributed by atoms with Crippen molar-refractivity contribution in [2.75, 3.05) is 6.61 Å². The second-order valence-corrected chi connectivity index (χ2v) is 4.06. The zero-order valence-electron chi connectivity index (χ0n) is 7.53. The third-order valence-electron chi connectivity index (χ3n) is 1.44. The first-order chi connectivity index (χ1) is 6.58. The van der Waals surface area contributed by atoms with Crippen molar-refractivity contribution in [1.29, 1.82) is 0 Å². The standard InChI is InChI=1S/C8H10FNO3S/c1-2-13-10-14(11,12)8-6-4-3-5-7(8)9/h3-6,10H,2H2,1H3. The molecule has 4 nitrogen and oxygen atoms in total. The molecule has 0 fully saturated rings. The van der Waals surface area contributed by atoms with Gasteiger partial charge < -0.3 is 0 Å². The lowest BCUT2D eigenvalue weighted by atomic mass is 10.4. The molecule has 0 aromatic heterocycles. The Hall–Kier alpha value is -0.980. The van der Waals surface area contributed by atoms with Gasteiger partial charge in [-0.1, -0.05) is 17.0 Å². The molecule has 6 heteroatoms. The first-order valence-corrected chi connectivity index (χ1v) is 5.44. The van der Waals surface area contributed by atoms with E-state index in [2.05, 4.69) is 4.84 Å². The molecule has 0 amide bonds. The van der Waals surface area contributed by atoms with Gasteiger partial charge in [0, 0.05) is 0 Å². The van der Waals surface area contributed by atoms with Crippen LogP contribution in [0, 0.1) is 5.82 Å². The lowest BCUT2D eigenvalue weighted by molar-refractivity contribution is 0.105. The van der Waals surface area contributed by atoms with Gasteiger partial charge in [0.25, 0.3) is 10.0 Å². The van der Waals surface area contributed by atoms with Gasteiger partial charge in [-0.15, -0.1) is 0 Å². The van der Waals surface area contributed by atoms with Crippen LogP contribution in [0.4, 0.5) is 4.39 Å². The minimum Gasteiger partial charge on any atom is -0.287 e. The van der Waals surface area contributed by atoms with E-state index in [0.29, 0.717) is 0 Å². The van der Waals surface area contributed by atoms with E-state index in [4.69, 9.17) is 0 Å². The van der Waals surface area contributed by atoms with Gasteiger partial charge >= 0.3 is 0 Å². The van der Waals surface area contributed by atoms with Crippen LogP contribution < -0.4 is 4.89 Å². The molecule has 0 heterocycles. The summed E-state index contributed by atoms with van der Waals surface area (Å²) in [5, 5.41) is 0. The summed E-state index contributed by atoms with van der Waals surface area (Å²) >= 11 is 0. The fourth-order valence-corrected chi connectivity index (χ4v) is 1.79. The van der Waals surface area contributed by atoms with Gasteiger partial charge in [-0.25, -0.2) is 12.8 Å². The molecule has 1 aromatic rings. The molecule has 0 saturated heterocycles. The van der Waals surface area contributed by atoms with Crippen molar-refractivity contribution < 1.29 is 17.6 Å². The number of rotatable bonds is 4. The molecule has 0 spiro atoms. The predicted octanol–water partition coefficient (Wildman–Crippen LogP) is 1.06. The normalized spacial score (nSPS) is 11.6. The average Bonchev–Trinajstić information content (AvgIpc) is 2.15. The molecule has 0 bridgehead atoms. The summed E-state index contributed by atoms with van der Waals surface area (Å²) in [6.45, 7) is 1.79. The highest BCUT2D eigenvalue weighted by atomic mass is 32.2. The fraction of sp³-hybridized carbons (Fsp3) is 0.250. The maximum absolute atomic E-state index is 13.0. The summed E-state index contributed by atoms with van der Waals surface area (Å²) < 4.78 is 35.7. The fourth-order valence-electron chi connectivity index (χ4n) is 0.844. The van der Waals surface area contributed by atoms with E-state index in [1.807, 2.05) is 0 Å². The van der Waals surface area contributed by atoms with E-state index in [1.165, 1.54) is 12.1 Å². The van der Waals surface area contributed by atoms with Crippen LogP contribution in [-0.2, 0) is 14.9 Å². The minimum atomic E-state index is -3.90. The van der Waals surface area contributed by atoms with Gasteiger partial charge in [-0.2, -0.15) is 0 Å². The van der Waals surface area contributed by atoms with Crippen LogP contribution in [0.15, 0.2) is 29.2 Å². The molecule has 0 aliphatic rings. The summed E-state index contributed by atoms with van der Waals surface area (Å²) in [5.41, 5.74) is 0. The van der Waals surface area contributed by atoms with E-state index in [-0.39, 0.29) is 6.61 Å². The van der Waals surface area contributed by atoms with E-state index < -0.39 is 20.7 Å². The van der Waals surface area contributed by atoms with Crippen molar-refractivity contribution >= 4 is 10.0 Å². The zero-order valence-corrected chi connectivity index (χ0v) is 8.34. The first-order valence-electron chi connectivity index (χ1n) is 3.96. The van der Waals surface area contributed by atoms with Gasteiger partial charge in [-0.3, -0.25) is 4.84 Å². The van der Waals surface area contributed by atoms with Crippen molar-refractivity contribution in [3.63, 3.8) is 0 Å². The molecule has 1 N–H and O–H groups in total. The van der Waals surface area contributed by atoms with Crippen LogP contribution in [0.5, 0.6) is 0 Å². The van der Waals surface area contributed by atoms with E-state index >= 15 is 0 Å². The molecule has 78 valence electrons. The van der Waals surface area contributed by atoms with E-state index in [0.717, 1.165) is 12.1 Å². The largest absolute Gasteiger partial charge is 0.287 e. The molecule has 0 radical (unpaired) electrons. The maximum Gasteiger partial charge on any atom is 0.265 e. The Kier molecular flexibility index (Phi) is 3.56. The SMILES string of the molecule is CCONS(=O)(=O)c1ccccc1F. The number of benzene rings is 1. The molecule has 1 aromatic carbocycles. The van der Waals surface area contributed by atoms with Crippen LogP contribution in [0.1, 0.15) is 6.92 Å². The smallest absolute Gasteiger partial charge is 0.265 e. The van der Waals surface area contributed by atoms with Crippen LogP contribution in [0.3, 0.4) is 0 Å². The number of hydrogen-bond acceptors (Lipinski definition) is 3. The quantitative estimate of drug-likeness (QED) is 0.770. The Morgan fingerprint density at radius 3 is 2.64 bits per heavy atom. The molecule has 1 rings (SSSR count). The Labute approximate surface area is 81.7 Å². The molecule has 0 aliphatic heterocycles. The highest BCUT2D eigenvalue weighted by Crippen LogP contribution is 2.12. The van der Waals surface area contributed by atoms with Gasteiger partial charge in [-0.05, 0) is 19.1 Å². The van der Waals surface area contributed by atoms with Crippen molar-refractivity contribution in [2.45, 2.75) is 11.8 Å². The van der Waals surface area contributed by atoms with E-state index in [1.54, 1.807) is 11.8 Å². The average molecular weight is 219 g/mol. The first kappa shape index (κ1) is 11.1. The van der Waals surface area contributed by atoms with Gasteiger partial charge in [0.15, 0.2) is 0 Å². The predicted molar refractivity (Wildman–Crippen MR) is 48.3 cm³/mol. The highest BCUT2D eigenvalue weighted by molar-refractivity contribution is 7.89. The number of nitrogens with one attached hydrogen (secondary N) is 1. The summed E-state index contributed by atoms with van der Waals surface area (Å²) in [7, 11) is -3.90. The number of sulfonamides is 1.